The van der Waals surface area contributed by atoms with Crippen molar-refractivity contribution in [3.05, 3.63) is 35.9 Å². The second-order valence-corrected chi connectivity index (χ2v) is 4.89. The number of rotatable bonds is 3. The molecule has 0 aromatic heterocycles. The summed E-state index contributed by atoms with van der Waals surface area (Å²) < 4.78 is 32.5. The molecule has 2 atom stereocenters. The van der Waals surface area contributed by atoms with Crippen LogP contribution in [0.15, 0.2) is 30.3 Å². The van der Waals surface area contributed by atoms with Crippen LogP contribution >= 0.6 is 0 Å². The van der Waals surface area contributed by atoms with E-state index in [-0.39, 0.29) is 19.6 Å². The van der Waals surface area contributed by atoms with E-state index in [1.165, 1.54) is 0 Å². The first kappa shape index (κ1) is 15.2. The quantitative estimate of drug-likeness (QED) is 0.928. The number of carboxylic acids is 1. The molecule has 114 valence electrons. The zero-order valence-corrected chi connectivity index (χ0v) is 11.2. The van der Waals surface area contributed by atoms with Gasteiger partial charge in [0.05, 0.1) is 6.54 Å². The van der Waals surface area contributed by atoms with Crippen molar-refractivity contribution in [2.45, 2.75) is 24.9 Å². The number of alkyl halides is 2. The molecule has 0 aliphatic carbocycles. The number of likely N-dealkylation sites (tertiary alicyclic amines) is 1. The average Bonchev–Trinajstić information content (AvgIpc) is 2.48. The van der Waals surface area contributed by atoms with E-state index in [0.29, 0.717) is 0 Å². The van der Waals surface area contributed by atoms with Crippen molar-refractivity contribution < 1.29 is 28.2 Å². The minimum absolute atomic E-state index is 0.0123. The van der Waals surface area contributed by atoms with E-state index in [1.807, 2.05) is 6.07 Å². The summed E-state index contributed by atoms with van der Waals surface area (Å²) in [5.74, 6) is -1.91. The number of carbonyl (C=O) groups is 2. The van der Waals surface area contributed by atoms with E-state index >= 15 is 0 Å². The van der Waals surface area contributed by atoms with Crippen LogP contribution in [0.3, 0.4) is 0 Å². The van der Waals surface area contributed by atoms with Gasteiger partial charge in [0.25, 0.3) is 5.67 Å². The summed E-state index contributed by atoms with van der Waals surface area (Å²) in [6.07, 6.45) is -3.36. The van der Waals surface area contributed by atoms with Crippen molar-refractivity contribution in [1.29, 1.82) is 0 Å². The molecule has 1 aliphatic rings. The first-order valence-electron chi connectivity index (χ1n) is 6.45. The third-order valence-corrected chi connectivity index (χ3v) is 3.39. The Balaban J connectivity index is 1.95. The summed E-state index contributed by atoms with van der Waals surface area (Å²) in [4.78, 5) is 23.5. The lowest BCUT2D eigenvalue weighted by molar-refractivity contribution is -0.160. The van der Waals surface area contributed by atoms with Crippen LogP contribution in [0.5, 0.6) is 0 Å². The van der Waals surface area contributed by atoms with Gasteiger partial charge < -0.3 is 14.7 Å². The largest absolute Gasteiger partial charge is 0.479 e. The molecule has 1 saturated heterocycles. The van der Waals surface area contributed by atoms with Gasteiger partial charge in [-0.1, -0.05) is 30.3 Å². The lowest BCUT2D eigenvalue weighted by atomic mass is 9.93. The lowest BCUT2D eigenvalue weighted by Crippen LogP contribution is -2.58. The number of halogens is 2. The van der Waals surface area contributed by atoms with Crippen molar-refractivity contribution in [1.82, 2.24) is 4.90 Å². The van der Waals surface area contributed by atoms with E-state index in [4.69, 9.17) is 9.84 Å². The molecule has 1 aliphatic heterocycles. The van der Waals surface area contributed by atoms with Gasteiger partial charge in [0.1, 0.15) is 12.8 Å². The second-order valence-electron chi connectivity index (χ2n) is 4.89. The van der Waals surface area contributed by atoms with Crippen LogP contribution in [-0.4, -0.2) is 47.0 Å². The first-order valence-corrected chi connectivity index (χ1v) is 6.45. The maximum absolute atomic E-state index is 14.0. The van der Waals surface area contributed by atoms with Gasteiger partial charge in [-0.3, -0.25) is 0 Å². The fraction of sp³-hybridized carbons (Fsp3) is 0.429. The number of carbonyl (C=O) groups excluding carboxylic acids is 1. The van der Waals surface area contributed by atoms with Crippen molar-refractivity contribution in [2.75, 3.05) is 13.1 Å². The molecule has 0 spiro atoms. The number of benzene rings is 1. The Morgan fingerprint density at radius 2 is 2.05 bits per heavy atom. The molecule has 2 unspecified atom stereocenters. The van der Waals surface area contributed by atoms with Crippen LogP contribution < -0.4 is 0 Å². The SMILES string of the molecule is O=C(OCc1ccccc1)N1CCC(F)C(F)(C(=O)O)C1. The Morgan fingerprint density at radius 1 is 1.38 bits per heavy atom. The topological polar surface area (TPSA) is 66.8 Å². The van der Waals surface area contributed by atoms with Crippen molar-refractivity contribution in [3.8, 4) is 0 Å². The average molecular weight is 299 g/mol. The molecule has 5 nitrogen and oxygen atoms in total. The fourth-order valence-electron chi connectivity index (χ4n) is 2.12. The highest BCUT2D eigenvalue weighted by molar-refractivity contribution is 5.80. The normalized spacial score (nSPS) is 25.4. The number of carboxylic acid groups (broad SMARTS) is 1. The smallest absolute Gasteiger partial charge is 0.410 e. The summed E-state index contributed by atoms with van der Waals surface area (Å²) in [6, 6.07) is 8.85. The van der Waals surface area contributed by atoms with Gasteiger partial charge in [0.2, 0.25) is 0 Å². The Labute approximate surface area is 120 Å². The third-order valence-electron chi connectivity index (χ3n) is 3.39. The monoisotopic (exact) mass is 299 g/mol. The maximum atomic E-state index is 14.0. The van der Waals surface area contributed by atoms with Gasteiger partial charge in [-0.25, -0.2) is 18.4 Å². The Morgan fingerprint density at radius 3 is 2.67 bits per heavy atom. The number of ether oxygens (including phenoxy) is 1. The summed E-state index contributed by atoms with van der Waals surface area (Å²) in [7, 11) is 0. The highest BCUT2D eigenvalue weighted by Gasteiger charge is 2.52. The van der Waals surface area contributed by atoms with E-state index in [2.05, 4.69) is 0 Å². The number of aliphatic carboxylic acids is 1. The summed E-state index contributed by atoms with van der Waals surface area (Å²) in [5, 5.41) is 8.78. The minimum atomic E-state index is -3.08. The Bertz CT molecular complexity index is 525. The predicted molar refractivity (Wildman–Crippen MR) is 69.2 cm³/mol. The minimum Gasteiger partial charge on any atom is -0.479 e. The van der Waals surface area contributed by atoms with E-state index in [9.17, 15) is 18.4 Å². The van der Waals surface area contributed by atoms with Gasteiger partial charge in [-0.15, -0.1) is 0 Å². The Kier molecular flexibility index (Phi) is 4.40. The predicted octanol–water partition coefficient (Wildman–Crippen LogP) is 2.16. The van der Waals surface area contributed by atoms with Crippen LogP contribution in [0.1, 0.15) is 12.0 Å². The lowest BCUT2D eigenvalue weighted by Gasteiger charge is -2.36. The number of piperidine rings is 1. The van der Waals surface area contributed by atoms with Gasteiger partial charge >= 0.3 is 12.1 Å². The molecule has 1 aromatic carbocycles. The van der Waals surface area contributed by atoms with E-state index < -0.39 is 30.4 Å². The molecular weight excluding hydrogens is 284 g/mol. The van der Waals surface area contributed by atoms with Crippen LogP contribution in [0, 0.1) is 0 Å². The van der Waals surface area contributed by atoms with Crippen LogP contribution in [0.25, 0.3) is 0 Å². The summed E-state index contributed by atoms with van der Waals surface area (Å²) in [6.45, 7) is -0.938. The zero-order valence-electron chi connectivity index (χ0n) is 11.2. The van der Waals surface area contributed by atoms with Gasteiger partial charge in [0, 0.05) is 13.0 Å². The van der Waals surface area contributed by atoms with Crippen LogP contribution in [0.4, 0.5) is 13.6 Å². The number of nitrogens with zero attached hydrogens (tertiary/aromatic N) is 1. The Hall–Kier alpha value is -2.18. The summed E-state index contributed by atoms with van der Waals surface area (Å²) in [5.41, 5.74) is -2.33. The zero-order chi connectivity index (χ0) is 15.5. The number of hydrogen-bond donors (Lipinski definition) is 1. The highest BCUT2D eigenvalue weighted by Crippen LogP contribution is 2.29. The molecule has 0 radical (unpaired) electrons. The molecule has 1 heterocycles. The van der Waals surface area contributed by atoms with Crippen molar-refractivity contribution in [3.63, 3.8) is 0 Å². The molecule has 0 saturated carbocycles. The molecule has 1 fully saturated rings. The third kappa shape index (κ3) is 3.29. The molecule has 7 heteroatoms. The number of amides is 1. The molecule has 2 rings (SSSR count). The molecule has 1 N–H and O–H groups in total. The standard InChI is InChI=1S/C14H15F2NO4/c15-11-6-7-17(9-14(11,16)12(18)19)13(20)21-8-10-4-2-1-3-5-10/h1-5,11H,6-9H2,(H,18,19). The van der Waals surface area contributed by atoms with E-state index in [0.717, 1.165) is 10.5 Å². The van der Waals surface area contributed by atoms with Crippen molar-refractivity contribution >= 4 is 12.1 Å². The molecule has 21 heavy (non-hydrogen) atoms. The first-order chi connectivity index (χ1) is 9.93. The van der Waals surface area contributed by atoms with Crippen LogP contribution in [0.2, 0.25) is 0 Å². The molecule has 1 aromatic rings. The molecular formula is C14H15F2NO4. The second kappa shape index (κ2) is 6.07. The highest BCUT2D eigenvalue weighted by atomic mass is 19.2. The van der Waals surface area contributed by atoms with Crippen molar-refractivity contribution in [2.24, 2.45) is 0 Å². The van der Waals surface area contributed by atoms with Gasteiger partial charge in [-0.05, 0) is 5.56 Å². The number of hydrogen-bond acceptors (Lipinski definition) is 3. The molecule has 0 bridgehead atoms. The van der Waals surface area contributed by atoms with E-state index in [1.54, 1.807) is 24.3 Å². The molecule has 1 amide bonds. The maximum Gasteiger partial charge on any atom is 0.410 e. The van der Waals surface area contributed by atoms with Gasteiger partial charge in [0.15, 0.2) is 0 Å². The van der Waals surface area contributed by atoms with Crippen LogP contribution in [-0.2, 0) is 16.1 Å². The fourth-order valence-corrected chi connectivity index (χ4v) is 2.12. The summed E-state index contributed by atoms with van der Waals surface area (Å²) >= 11 is 0. The van der Waals surface area contributed by atoms with Gasteiger partial charge in [-0.2, -0.15) is 0 Å².